The van der Waals surface area contributed by atoms with Crippen LogP contribution in [0.5, 0.6) is 5.75 Å². The molecule has 0 fully saturated rings. The molecule has 0 spiro atoms. The molecule has 2 heteroatoms. The Morgan fingerprint density at radius 3 is 2.37 bits per heavy atom. The highest BCUT2D eigenvalue weighted by molar-refractivity contribution is 5.34. The van der Waals surface area contributed by atoms with E-state index in [2.05, 4.69) is 36.4 Å². The van der Waals surface area contributed by atoms with Crippen LogP contribution in [0.4, 0.5) is 0 Å². The molecule has 2 aromatic rings. The molecule has 0 aliphatic carbocycles. The highest BCUT2D eigenvalue weighted by Gasteiger charge is 2.03. The first-order valence-corrected chi connectivity index (χ1v) is 6.85. The largest absolute Gasteiger partial charge is 0.493 e. The summed E-state index contributed by atoms with van der Waals surface area (Å²) in [6, 6.07) is 18.8. The van der Waals surface area contributed by atoms with Crippen LogP contribution in [0.3, 0.4) is 0 Å². The molecule has 0 saturated heterocycles. The minimum atomic E-state index is 0.673. The molecule has 0 radical (unpaired) electrons. The first-order valence-electron chi connectivity index (χ1n) is 6.85. The van der Waals surface area contributed by atoms with Gasteiger partial charge in [-0.3, -0.25) is 0 Å². The van der Waals surface area contributed by atoms with Crippen LogP contribution >= 0.6 is 0 Å². The summed E-state index contributed by atoms with van der Waals surface area (Å²) in [6.07, 6.45) is 2.94. The van der Waals surface area contributed by atoms with Crippen molar-refractivity contribution in [2.75, 3.05) is 13.2 Å². The molecule has 0 bridgehead atoms. The van der Waals surface area contributed by atoms with E-state index >= 15 is 0 Å². The van der Waals surface area contributed by atoms with Gasteiger partial charge < -0.3 is 10.5 Å². The van der Waals surface area contributed by atoms with Crippen molar-refractivity contribution >= 4 is 0 Å². The normalized spacial score (nSPS) is 10.4. The van der Waals surface area contributed by atoms with Gasteiger partial charge in [-0.25, -0.2) is 0 Å². The van der Waals surface area contributed by atoms with Gasteiger partial charge in [0.1, 0.15) is 5.75 Å². The minimum absolute atomic E-state index is 0.673. The molecule has 0 unspecified atom stereocenters. The topological polar surface area (TPSA) is 35.2 Å². The van der Waals surface area contributed by atoms with E-state index < -0.39 is 0 Å². The Balaban J connectivity index is 1.95. The van der Waals surface area contributed by atoms with E-state index in [0.717, 1.165) is 25.0 Å². The van der Waals surface area contributed by atoms with E-state index in [1.54, 1.807) is 0 Å². The summed E-state index contributed by atoms with van der Waals surface area (Å²) in [6.45, 7) is 1.37. The number of ether oxygens (including phenoxy) is 1. The fraction of sp³-hybridized carbons (Fsp3) is 0.294. The van der Waals surface area contributed by atoms with Crippen molar-refractivity contribution in [2.45, 2.75) is 19.3 Å². The number of hydrogen-bond acceptors (Lipinski definition) is 2. The van der Waals surface area contributed by atoms with E-state index in [1.165, 1.54) is 11.1 Å². The summed E-state index contributed by atoms with van der Waals surface area (Å²) >= 11 is 0. The number of nitrogens with two attached hydrogens (primary N) is 1. The molecule has 0 aliphatic heterocycles. The van der Waals surface area contributed by atoms with Crippen LogP contribution in [0.1, 0.15) is 17.5 Å². The van der Waals surface area contributed by atoms with Crippen molar-refractivity contribution in [3.05, 3.63) is 65.7 Å². The molecule has 0 aliphatic rings. The zero-order valence-electron chi connectivity index (χ0n) is 11.2. The minimum Gasteiger partial charge on any atom is -0.493 e. The SMILES string of the molecule is NCCCOc1ccccc1CCc1ccccc1. The summed E-state index contributed by atoms with van der Waals surface area (Å²) in [7, 11) is 0. The van der Waals surface area contributed by atoms with Gasteiger partial charge in [-0.2, -0.15) is 0 Å². The number of aryl methyl sites for hydroxylation is 2. The van der Waals surface area contributed by atoms with Gasteiger partial charge in [0.05, 0.1) is 6.61 Å². The van der Waals surface area contributed by atoms with Gasteiger partial charge in [0.25, 0.3) is 0 Å². The van der Waals surface area contributed by atoms with Crippen LogP contribution in [0.2, 0.25) is 0 Å². The van der Waals surface area contributed by atoms with Gasteiger partial charge in [-0.15, -0.1) is 0 Å². The van der Waals surface area contributed by atoms with E-state index in [-0.39, 0.29) is 0 Å². The van der Waals surface area contributed by atoms with Gasteiger partial charge in [-0.1, -0.05) is 48.5 Å². The summed E-state index contributed by atoms with van der Waals surface area (Å²) < 4.78 is 5.79. The lowest BCUT2D eigenvalue weighted by Crippen LogP contribution is -2.07. The van der Waals surface area contributed by atoms with E-state index in [0.29, 0.717) is 13.2 Å². The van der Waals surface area contributed by atoms with Crippen molar-refractivity contribution in [2.24, 2.45) is 5.73 Å². The van der Waals surface area contributed by atoms with Crippen LogP contribution in [0.25, 0.3) is 0 Å². The molecule has 0 saturated carbocycles. The first-order chi connectivity index (χ1) is 9.40. The van der Waals surface area contributed by atoms with Crippen LogP contribution in [-0.4, -0.2) is 13.2 Å². The van der Waals surface area contributed by atoms with Gasteiger partial charge in [0.2, 0.25) is 0 Å². The molecule has 0 atom stereocenters. The summed E-state index contributed by atoms with van der Waals surface area (Å²) in [5, 5.41) is 0. The number of hydrogen-bond donors (Lipinski definition) is 1. The molecule has 19 heavy (non-hydrogen) atoms. The Kier molecular flexibility index (Phi) is 5.45. The third-order valence-electron chi connectivity index (χ3n) is 3.10. The van der Waals surface area contributed by atoms with Crippen molar-refractivity contribution in [3.63, 3.8) is 0 Å². The van der Waals surface area contributed by atoms with Crippen molar-refractivity contribution in [1.29, 1.82) is 0 Å². The van der Waals surface area contributed by atoms with Crippen LogP contribution in [-0.2, 0) is 12.8 Å². The lowest BCUT2D eigenvalue weighted by atomic mass is 10.0. The van der Waals surface area contributed by atoms with Gasteiger partial charge in [-0.05, 0) is 43.0 Å². The van der Waals surface area contributed by atoms with Crippen molar-refractivity contribution < 1.29 is 4.74 Å². The molecule has 100 valence electrons. The number of rotatable bonds is 7. The Morgan fingerprint density at radius 1 is 0.842 bits per heavy atom. The van der Waals surface area contributed by atoms with Crippen LogP contribution in [0, 0.1) is 0 Å². The zero-order valence-corrected chi connectivity index (χ0v) is 11.2. The first kappa shape index (κ1) is 13.6. The quantitative estimate of drug-likeness (QED) is 0.771. The third-order valence-corrected chi connectivity index (χ3v) is 3.10. The molecule has 0 heterocycles. The molecular weight excluding hydrogens is 234 g/mol. The smallest absolute Gasteiger partial charge is 0.122 e. The van der Waals surface area contributed by atoms with E-state index in [9.17, 15) is 0 Å². The van der Waals surface area contributed by atoms with Crippen LogP contribution < -0.4 is 10.5 Å². The number of benzene rings is 2. The monoisotopic (exact) mass is 255 g/mol. The lowest BCUT2D eigenvalue weighted by Gasteiger charge is -2.11. The molecule has 0 aromatic heterocycles. The highest BCUT2D eigenvalue weighted by atomic mass is 16.5. The molecular formula is C17H21NO. The van der Waals surface area contributed by atoms with Gasteiger partial charge in [0, 0.05) is 0 Å². The predicted molar refractivity (Wildman–Crippen MR) is 79.5 cm³/mol. The maximum absolute atomic E-state index is 5.79. The van der Waals surface area contributed by atoms with E-state index in [1.807, 2.05) is 18.2 Å². The number of para-hydroxylation sites is 1. The summed E-state index contributed by atoms with van der Waals surface area (Å²) in [4.78, 5) is 0. The van der Waals surface area contributed by atoms with Gasteiger partial charge >= 0.3 is 0 Å². The molecule has 2 N–H and O–H groups in total. The highest BCUT2D eigenvalue weighted by Crippen LogP contribution is 2.20. The molecule has 2 aromatic carbocycles. The molecule has 2 rings (SSSR count). The van der Waals surface area contributed by atoms with E-state index in [4.69, 9.17) is 10.5 Å². The second-order valence-corrected chi connectivity index (χ2v) is 4.58. The maximum Gasteiger partial charge on any atom is 0.122 e. The maximum atomic E-state index is 5.79. The Morgan fingerprint density at radius 2 is 1.58 bits per heavy atom. The second kappa shape index (κ2) is 7.59. The Labute approximate surface area is 115 Å². The average Bonchev–Trinajstić information content (AvgIpc) is 2.48. The Hall–Kier alpha value is -1.80. The standard InChI is InChI=1S/C17H21NO/c18-13-6-14-19-17-10-5-4-9-16(17)12-11-15-7-2-1-3-8-15/h1-5,7-10H,6,11-14,18H2. The lowest BCUT2D eigenvalue weighted by molar-refractivity contribution is 0.310. The molecule has 2 nitrogen and oxygen atoms in total. The summed E-state index contributed by atoms with van der Waals surface area (Å²) in [5.41, 5.74) is 8.11. The zero-order chi connectivity index (χ0) is 13.3. The van der Waals surface area contributed by atoms with Gasteiger partial charge in [0.15, 0.2) is 0 Å². The van der Waals surface area contributed by atoms with Crippen molar-refractivity contribution in [1.82, 2.24) is 0 Å². The third kappa shape index (κ3) is 4.42. The predicted octanol–water partition coefficient (Wildman–Crippen LogP) is 3.20. The Bertz CT molecular complexity index is 482. The second-order valence-electron chi connectivity index (χ2n) is 4.58. The summed E-state index contributed by atoms with van der Waals surface area (Å²) in [5.74, 6) is 0.992. The van der Waals surface area contributed by atoms with Crippen LogP contribution in [0.15, 0.2) is 54.6 Å². The molecule has 0 amide bonds. The fourth-order valence-electron chi connectivity index (χ4n) is 2.04. The van der Waals surface area contributed by atoms with Crippen molar-refractivity contribution in [3.8, 4) is 5.75 Å². The fourth-order valence-corrected chi connectivity index (χ4v) is 2.04. The average molecular weight is 255 g/mol.